The Hall–Kier alpha value is -0.770. The number of carbonyl (C=O) groups excluding carboxylic acids is 1. The summed E-state index contributed by atoms with van der Waals surface area (Å²) in [6.45, 7) is 3.73. The molecule has 3 fully saturated rings. The molecule has 2 bridgehead atoms. The predicted octanol–water partition coefficient (Wildman–Crippen LogP) is 1.46. The molecule has 1 saturated heterocycles. The van der Waals surface area contributed by atoms with E-state index in [2.05, 4.69) is 5.32 Å². The van der Waals surface area contributed by atoms with E-state index in [9.17, 15) is 4.79 Å². The first-order chi connectivity index (χ1) is 8.33. The largest absolute Gasteiger partial charge is 0.378 e. The van der Waals surface area contributed by atoms with Crippen molar-refractivity contribution in [3.63, 3.8) is 0 Å². The minimum absolute atomic E-state index is 0.107. The van der Waals surface area contributed by atoms with Crippen LogP contribution in [-0.4, -0.2) is 43.8 Å². The quantitative estimate of drug-likeness (QED) is 0.791. The summed E-state index contributed by atoms with van der Waals surface area (Å²) >= 11 is 0. The number of ether oxygens (including phenoxy) is 1. The van der Waals surface area contributed by atoms with Gasteiger partial charge in [0, 0.05) is 19.6 Å². The summed E-state index contributed by atoms with van der Waals surface area (Å²) in [5, 5.41) is 3.11. The van der Waals surface area contributed by atoms with Crippen molar-refractivity contribution in [3.8, 4) is 0 Å². The zero-order valence-electron chi connectivity index (χ0n) is 10.4. The van der Waals surface area contributed by atoms with E-state index >= 15 is 0 Å². The van der Waals surface area contributed by atoms with Crippen LogP contribution in [0, 0.1) is 17.8 Å². The first kappa shape index (κ1) is 11.3. The Balaban J connectivity index is 1.43. The number of rotatable bonds is 2. The molecule has 2 aliphatic carbocycles. The normalized spacial score (nSPS) is 36.2. The van der Waals surface area contributed by atoms with Gasteiger partial charge in [0.15, 0.2) is 0 Å². The van der Waals surface area contributed by atoms with E-state index in [1.165, 1.54) is 25.7 Å². The highest BCUT2D eigenvalue weighted by Crippen LogP contribution is 2.47. The van der Waals surface area contributed by atoms with Gasteiger partial charge in [-0.15, -0.1) is 0 Å². The number of hydrogen-bond acceptors (Lipinski definition) is 2. The van der Waals surface area contributed by atoms with E-state index in [1.807, 2.05) is 4.90 Å². The molecule has 2 saturated carbocycles. The Labute approximate surface area is 103 Å². The molecule has 0 aromatic heterocycles. The second-order valence-corrected chi connectivity index (χ2v) is 5.72. The monoisotopic (exact) mass is 238 g/mol. The van der Waals surface area contributed by atoms with Gasteiger partial charge in [-0.2, -0.15) is 0 Å². The average Bonchev–Trinajstić information content (AvgIpc) is 2.99. The third-order valence-corrected chi connectivity index (χ3v) is 4.70. The van der Waals surface area contributed by atoms with Gasteiger partial charge in [0.25, 0.3) is 0 Å². The van der Waals surface area contributed by atoms with E-state index in [1.54, 1.807) is 0 Å². The number of amides is 2. The summed E-state index contributed by atoms with van der Waals surface area (Å²) in [5.74, 6) is 2.61. The SMILES string of the molecule is O=C(NC[C@@H]1C[C@H]2CC[C@H]1C2)N1CCOCC1. The Kier molecular flexibility index (Phi) is 3.23. The topological polar surface area (TPSA) is 41.6 Å². The van der Waals surface area contributed by atoms with Crippen molar-refractivity contribution >= 4 is 6.03 Å². The lowest BCUT2D eigenvalue weighted by molar-refractivity contribution is 0.0528. The molecule has 3 aliphatic rings. The van der Waals surface area contributed by atoms with Crippen LogP contribution in [0.25, 0.3) is 0 Å². The fraction of sp³-hybridized carbons (Fsp3) is 0.923. The third kappa shape index (κ3) is 2.41. The van der Waals surface area contributed by atoms with E-state index < -0.39 is 0 Å². The Morgan fingerprint density at radius 3 is 2.71 bits per heavy atom. The smallest absolute Gasteiger partial charge is 0.317 e. The lowest BCUT2D eigenvalue weighted by atomic mass is 9.89. The summed E-state index contributed by atoms with van der Waals surface area (Å²) < 4.78 is 5.25. The van der Waals surface area contributed by atoms with Crippen molar-refractivity contribution in [2.75, 3.05) is 32.8 Å². The van der Waals surface area contributed by atoms with Gasteiger partial charge in [0.2, 0.25) is 0 Å². The summed E-state index contributed by atoms with van der Waals surface area (Å²) in [6.07, 6.45) is 5.58. The Bertz CT molecular complexity index is 289. The van der Waals surface area contributed by atoms with Gasteiger partial charge in [-0.1, -0.05) is 6.42 Å². The molecule has 1 heterocycles. The zero-order valence-corrected chi connectivity index (χ0v) is 10.4. The minimum atomic E-state index is 0.107. The molecule has 0 aromatic carbocycles. The van der Waals surface area contributed by atoms with Crippen LogP contribution in [0.3, 0.4) is 0 Å². The average molecular weight is 238 g/mol. The summed E-state index contributed by atoms with van der Waals surface area (Å²) in [4.78, 5) is 13.8. The van der Waals surface area contributed by atoms with Crippen LogP contribution in [0.15, 0.2) is 0 Å². The number of nitrogens with zero attached hydrogens (tertiary/aromatic N) is 1. The maximum Gasteiger partial charge on any atom is 0.317 e. The molecule has 3 rings (SSSR count). The van der Waals surface area contributed by atoms with Crippen LogP contribution in [0.5, 0.6) is 0 Å². The number of morpholine rings is 1. The second-order valence-electron chi connectivity index (χ2n) is 5.72. The van der Waals surface area contributed by atoms with E-state index in [0.717, 1.165) is 37.4 Å². The molecule has 1 N–H and O–H groups in total. The van der Waals surface area contributed by atoms with Gasteiger partial charge in [-0.3, -0.25) is 0 Å². The maximum absolute atomic E-state index is 11.9. The summed E-state index contributed by atoms with van der Waals surface area (Å²) in [6, 6.07) is 0.107. The second kappa shape index (κ2) is 4.84. The zero-order chi connectivity index (χ0) is 11.7. The molecule has 0 radical (unpaired) electrons. The predicted molar refractivity (Wildman–Crippen MR) is 64.7 cm³/mol. The molecule has 96 valence electrons. The van der Waals surface area contributed by atoms with Crippen LogP contribution in [0.2, 0.25) is 0 Å². The first-order valence-corrected chi connectivity index (χ1v) is 6.93. The van der Waals surface area contributed by atoms with Crippen LogP contribution in [0.1, 0.15) is 25.7 Å². The van der Waals surface area contributed by atoms with Crippen molar-refractivity contribution in [1.82, 2.24) is 10.2 Å². The molecule has 2 amide bonds. The Morgan fingerprint density at radius 2 is 2.06 bits per heavy atom. The van der Waals surface area contributed by atoms with Gasteiger partial charge in [-0.25, -0.2) is 4.79 Å². The highest BCUT2D eigenvalue weighted by atomic mass is 16.5. The van der Waals surface area contributed by atoms with Crippen molar-refractivity contribution in [3.05, 3.63) is 0 Å². The summed E-state index contributed by atoms with van der Waals surface area (Å²) in [5.41, 5.74) is 0. The number of urea groups is 1. The molecule has 1 aliphatic heterocycles. The minimum Gasteiger partial charge on any atom is -0.378 e. The molecule has 4 heteroatoms. The van der Waals surface area contributed by atoms with Gasteiger partial charge >= 0.3 is 6.03 Å². The van der Waals surface area contributed by atoms with Crippen molar-refractivity contribution < 1.29 is 9.53 Å². The maximum atomic E-state index is 11.9. The van der Waals surface area contributed by atoms with Crippen molar-refractivity contribution in [1.29, 1.82) is 0 Å². The highest BCUT2D eigenvalue weighted by molar-refractivity contribution is 5.74. The number of nitrogens with one attached hydrogen (secondary N) is 1. The van der Waals surface area contributed by atoms with Gasteiger partial charge in [0.1, 0.15) is 0 Å². The fourth-order valence-electron chi connectivity index (χ4n) is 3.72. The summed E-state index contributed by atoms with van der Waals surface area (Å²) in [7, 11) is 0. The first-order valence-electron chi connectivity index (χ1n) is 6.93. The van der Waals surface area contributed by atoms with Crippen molar-refractivity contribution in [2.45, 2.75) is 25.7 Å². The molecular weight excluding hydrogens is 216 g/mol. The number of carbonyl (C=O) groups is 1. The Morgan fingerprint density at radius 1 is 1.24 bits per heavy atom. The third-order valence-electron chi connectivity index (χ3n) is 4.70. The highest BCUT2D eigenvalue weighted by Gasteiger charge is 2.39. The molecule has 0 spiro atoms. The molecule has 0 aromatic rings. The van der Waals surface area contributed by atoms with Crippen LogP contribution in [0.4, 0.5) is 4.79 Å². The molecule has 4 nitrogen and oxygen atoms in total. The lowest BCUT2D eigenvalue weighted by Crippen LogP contribution is -2.47. The van der Waals surface area contributed by atoms with E-state index in [0.29, 0.717) is 13.2 Å². The number of hydrogen-bond donors (Lipinski definition) is 1. The lowest BCUT2D eigenvalue weighted by Gasteiger charge is -2.28. The van der Waals surface area contributed by atoms with Crippen LogP contribution in [-0.2, 0) is 4.74 Å². The molecule has 17 heavy (non-hydrogen) atoms. The van der Waals surface area contributed by atoms with Crippen molar-refractivity contribution in [2.24, 2.45) is 17.8 Å². The molecular formula is C13H22N2O2. The van der Waals surface area contributed by atoms with Gasteiger partial charge in [0.05, 0.1) is 13.2 Å². The van der Waals surface area contributed by atoms with Crippen LogP contribution >= 0.6 is 0 Å². The van der Waals surface area contributed by atoms with E-state index in [4.69, 9.17) is 4.74 Å². The van der Waals surface area contributed by atoms with Gasteiger partial charge < -0.3 is 15.0 Å². The van der Waals surface area contributed by atoms with E-state index in [-0.39, 0.29) is 6.03 Å². The number of fused-ring (bicyclic) bond motifs is 2. The standard InChI is InChI=1S/C13H22N2O2/c16-13(15-3-5-17-6-4-15)14-9-12-8-10-1-2-11(12)7-10/h10-12H,1-9H2,(H,14,16)/t10-,11-,12-/m0/s1. The molecule has 3 atom stereocenters. The fourth-order valence-corrected chi connectivity index (χ4v) is 3.72. The van der Waals surface area contributed by atoms with Crippen LogP contribution < -0.4 is 5.32 Å². The van der Waals surface area contributed by atoms with Gasteiger partial charge in [-0.05, 0) is 37.0 Å². The molecule has 0 unspecified atom stereocenters.